The van der Waals surface area contributed by atoms with Crippen molar-refractivity contribution in [1.82, 2.24) is 20.4 Å². The van der Waals surface area contributed by atoms with Crippen molar-refractivity contribution in [3.05, 3.63) is 0 Å². The molecule has 1 aliphatic heterocycles. The van der Waals surface area contributed by atoms with Crippen molar-refractivity contribution < 1.29 is 19.4 Å². The second-order valence-corrected chi connectivity index (χ2v) is 7.78. The van der Waals surface area contributed by atoms with Crippen LogP contribution in [0.2, 0.25) is 0 Å². The molecule has 1 aliphatic carbocycles. The molecule has 150 valence electrons. The Hall–Kier alpha value is -1.38. The highest BCUT2D eigenvalue weighted by Gasteiger charge is 2.34. The minimum atomic E-state index is -0.806. The summed E-state index contributed by atoms with van der Waals surface area (Å²) < 4.78 is 5.74. The molecular weight excluding hydrogens is 336 g/mol. The molecule has 0 aromatic rings. The normalized spacial score (nSPS) is 26.6. The highest BCUT2D eigenvalue weighted by molar-refractivity contribution is 5.74. The predicted molar refractivity (Wildman–Crippen MR) is 99.2 cm³/mol. The first-order valence-corrected chi connectivity index (χ1v) is 9.71. The number of urea groups is 1. The average molecular weight is 370 g/mol. The van der Waals surface area contributed by atoms with Gasteiger partial charge in [-0.1, -0.05) is 20.8 Å². The van der Waals surface area contributed by atoms with Crippen LogP contribution in [-0.2, 0) is 9.53 Å². The van der Waals surface area contributed by atoms with Crippen LogP contribution in [0.3, 0.4) is 0 Å². The molecule has 1 saturated carbocycles. The maximum atomic E-state index is 12.1. The van der Waals surface area contributed by atoms with E-state index in [1.54, 1.807) is 0 Å². The fourth-order valence-electron chi connectivity index (χ4n) is 3.71. The molecule has 8 nitrogen and oxygen atoms in total. The summed E-state index contributed by atoms with van der Waals surface area (Å²) >= 11 is 0. The maximum absolute atomic E-state index is 12.1. The number of nitrogens with zero attached hydrogens (tertiary/aromatic N) is 2. The van der Waals surface area contributed by atoms with Crippen molar-refractivity contribution in [2.24, 2.45) is 5.92 Å². The first-order chi connectivity index (χ1) is 12.4. The molecule has 1 heterocycles. The predicted octanol–water partition coefficient (Wildman–Crippen LogP) is 0.580. The van der Waals surface area contributed by atoms with Gasteiger partial charge in [-0.15, -0.1) is 0 Å². The molecule has 26 heavy (non-hydrogen) atoms. The number of rotatable bonds is 9. The minimum Gasteiger partial charge on any atom is -0.480 e. The number of amides is 2. The number of carboxylic acid groups (broad SMARTS) is 1. The number of hydrogen-bond donors (Lipinski definition) is 3. The lowest BCUT2D eigenvalue weighted by atomic mass is 9.85. The molecule has 3 N–H and O–H groups in total. The van der Waals surface area contributed by atoms with Crippen molar-refractivity contribution in [3.63, 3.8) is 0 Å². The zero-order valence-corrected chi connectivity index (χ0v) is 16.2. The lowest BCUT2D eigenvalue weighted by molar-refractivity contribution is -0.139. The Morgan fingerprint density at radius 1 is 1.35 bits per heavy atom. The van der Waals surface area contributed by atoms with Crippen LogP contribution in [0.1, 0.15) is 33.6 Å². The Labute approximate surface area is 156 Å². The van der Waals surface area contributed by atoms with Gasteiger partial charge in [0, 0.05) is 38.3 Å². The third-order valence-electron chi connectivity index (χ3n) is 5.05. The molecule has 0 aromatic carbocycles. The zero-order chi connectivity index (χ0) is 19.1. The van der Waals surface area contributed by atoms with Gasteiger partial charge in [0.1, 0.15) is 0 Å². The van der Waals surface area contributed by atoms with E-state index in [-0.39, 0.29) is 30.8 Å². The fourth-order valence-corrected chi connectivity index (χ4v) is 3.71. The summed E-state index contributed by atoms with van der Waals surface area (Å²) in [6, 6.07) is 0.194. The maximum Gasteiger partial charge on any atom is 0.317 e. The lowest BCUT2D eigenvalue weighted by Crippen LogP contribution is -2.57. The second-order valence-electron chi connectivity index (χ2n) is 7.78. The van der Waals surface area contributed by atoms with Gasteiger partial charge < -0.3 is 20.5 Å². The van der Waals surface area contributed by atoms with Gasteiger partial charge in [0.15, 0.2) is 0 Å². The summed E-state index contributed by atoms with van der Waals surface area (Å²) in [5.74, 6) is -0.180. The second kappa shape index (κ2) is 10.1. The smallest absolute Gasteiger partial charge is 0.317 e. The molecular formula is C18H34N4O4. The lowest BCUT2D eigenvalue weighted by Gasteiger charge is -2.42. The third kappa shape index (κ3) is 6.74. The number of ether oxygens (including phenoxy) is 1. The summed E-state index contributed by atoms with van der Waals surface area (Å²) in [4.78, 5) is 27.3. The summed E-state index contributed by atoms with van der Waals surface area (Å²) in [7, 11) is 0. The largest absolute Gasteiger partial charge is 0.480 e. The van der Waals surface area contributed by atoms with Crippen LogP contribution in [0, 0.1) is 5.92 Å². The topological polar surface area (TPSA) is 94.1 Å². The van der Waals surface area contributed by atoms with Crippen molar-refractivity contribution in [3.8, 4) is 0 Å². The number of carboxylic acids is 1. The van der Waals surface area contributed by atoms with Crippen molar-refractivity contribution in [2.45, 2.75) is 51.8 Å². The van der Waals surface area contributed by atoms with Gasteiger partial charge in [-0.2, -0.15) is 0 Å². The van der Waals surface area contributed by atoms with Gasteiger partial charge in [-0.25, -0.2) is 4.79 Å². The van der Waals surface area contributed by atoms with Crippen LogP contribution in [0.5, 0.6) is 0 Å². The third-order valence-corrected chi connectivity index (χ3v) is 5.05. The SMILES string of the molecule is CCN(CC(=O)O)C1CC(NC(=O)NCC2CN(CC(C)C)CCO2)C1. The molecule has 0 bridgehead atoms. The van der Waals surface area contributed by atoms with Crippen LogP contribution in [-0.4, -0.2) is 91.0 Å². The van der Waals surface area contributed by atoms with Gasteiger partial charge in [0.25, 0.3) is 0 Å². The molecule has 8 heteroatoms. The quantitative estimate of drug-likeness (QED) is 0.550. The highest BCUT2D eigenvalue weighted by Crippen LogP contribution is 2.25. The van der Waals surface area contributed by atoms with E-state index in [2.05, 4.69) is 29.4 Å². The zero-order valence-electron chi connectivity index (χ0n) is 16.2. The van der Waals surface area contributed by atoms with E-state index >= 15 is 0 Å². The first kappa shape index (κ1) is 20.9. The number of likely N-dealkylation sites (N-methyl/N-ethyl adjacent to an activating group) is 1. The minimum absolute atomic E-state index is 0.0357. The number of aliphatic carboxylic acids is 1. The van der Waals surface area contributed by atoms with Gasteiger partial charge in [-0.05, 0) is 25.3 Å². The van der Waals surface area contributed by atoms with E-state index in [0.717, 1.165) is 32.5 Å². The summed E-state index contributed by atoms with van der Waals surface area (Å²) in [5.41, 5.74) is 0. The van der Waals surface area contributed by atoms with Crippen LogP contribution in [0.4, 0.5) is 4.79 Å². The first-order valence-electron chi connectivity index (χ1n) is 9.71. The van der Waals surface area contributed by atoms with Crippen LogP contribution in [0.25, 0.3) is 0 Å². The number of carbonyl (C=O) groups is 2. The monoisotopic (exact) mass is 370 g/mol. The molecule has 0 radical (unpaired) electrons. The van der Waals surface area contributed by atoms with Gasteiger partial charge in [-0.3, -0.25) is 14.6 Å². The molecule has 1 unspecified atom stereocenters. The van der Waals surface area contributed by atoms with Crippen LogP contribution < -0.4 is 10.6 Å². The van der Waals surface area contributed by atoms with Gasteiger partial charge in [0.2, 0.25) is 0 Å². The molecule has 2 aliphatic rings. The van der Waals surface area contributed by atoms with E-state index in [0.29, 0.717) is 25.6 Å². The van der Waals surface area contributed by atoms with E-state index in [9.17, 15) is 9.59 Å². The Bertz CT molecular complexity index is 468. The standard InChI is InChI=1S/C18H34N4O4/c1-4-22(12-17(23)24)15-7-14(8-15)20-18(25)19-9-16-11-21(5-6-26-16)10-13(2)3/h13-16H,4-12H2,1-3H3,(H,23,24)(H2,19,20,25). The van der Waals surface area contributed by atoms with E-state index in [1.165, 1.54) is 0 Å². The van der Waals surface area contributed by atoms with Crippen molar-refractivity contribution in [2.75, 3.05) is 45.9 Å². The van der Waals surface area contributed by atoms with Crippen molar-refractivity contribution in [1.29, 1.82) is 0 Å². The molecule has 2 amide bonds. The van der Waals surface area contributed by atoms with Crippen LogP contribution >= 0.6 is 0 Å². The summed E-state index contributed by atoms with van der Waals surface area (Å²) in [6.07, 6.45) is 1.64. The molecule has 2 rings (SSSR count). The van der Waals surface area contributed by atoms with Gasteiger partial charge in [0.05, 0.1) is 19.3 Å². The molecule has 2 fully saturated rings. The Kier molecular flexibility index (Phi) is 8.12. The highest BCUT2D eigenvalue weighted by atomic mass is 16.5. The van der Waals surface area contributed by atoms with E-state index < -0.39 is 5.97 Å². The fraction of sp³-hybridized carbons (Fsp3) is 0.889. The molecule has 1 atom stereocenters. The van der Waals surface area contributed by atoms with E-state index in [4.69, 9.17) is 9.84 Å². The van der Waals surface area contributed by atoms with E-state index in [1.807, 2.05) is 11.8 Å². The number of carbonyl (C=O) groups excluding carboxylic acids is 1. The van der Waals surface area contributed by atoms with Gasteiger partial charge >= 0.3 is 12.0 Å². The van der Waals surface area contributed by atoms with Crippen LogP contribution in [0.15, 0.2) is 0 Å². The Morgan fingerprint density at radius 2 is 2.08 bits per heavy atom. The molecule has 1 saturated heterocycles. The number of morpholine rings is 1. The average Bonchev–Trinajstić information content (AvgIpc) is 2.53. The Balaban J connectivity index is 1.62. The summed E-state index contributed by atoms with van der Waals surface area (Å²) in [6.45, 7) is 11.2. The number of hydrogen-bond acceptors (Lipinski definition) is 5. The Morgan fingerprint density at radius 3 is 2.69 bits per heavy atom. The summed E-state index contributed by atoms with van der Waals surface area (Å²) in [5, 5.41) is 14.8. The molecule has 0 spiro atoms. The molecule has 0 aromatic heterocycles. The van der Waals surface area contributed by atoms with Crippen molar-refractivity contribution >= 4 is 12.0 Å². The number of nitrogens with one attached hydrogen (secondary N) is 2.